The van der Waals surface area contributed by atoms with Crippen molar-refractivity contribution >= 4 is 15.9 Å². The molecular formula is C4H6BrN3O. The van der Waals surface area contributed by atoms with Gasteiger partial charge in [0.05, 0.1) is 0 Å². The maximum absolute atomic E-state index is 9.04. The van der Waals surface area contributed by atoms with Crippen LogP contribution in [0.3, 0.4) is 0 Å². The number of hydrogen-bond donors (Lipinski definition) is 2. The van der Waals surface area contributed by atoms with E-state index in [1.807, 2.05) is 0 Å². The molecule has 9 heavy (non-hydrogen) atoms. The van der Waals surface area contributed by atoms with Crippen LogP contribution in [0.5, 0.6) is 0 Å². The highest BCUT2D eigenvalue weighted by atomic mass is 79.9. The summed E-state index contributed by atoms with van der Waals surface area (Å²) in [5, 5.41) is 15.6. The molecule has 0 saturated carbocycles. The molecule has 0 aliphatic rings. The monoisotopic (exact) mass is 191 g/mol. The zero-order chi connectivity index (χ0) is 6.69. The number of H-pyrrole nitrogens is 1. The molecule has 0 aliphatic carbocycles. The molecule has 0 aromatic carbocycles. The Morgan fingerprint density at radius 3 is 3.11 bits per heavy atom. The standard InChI is InChI=1S/C4H6BrN3O/c5-1-3(9)4-6-2-7-8-4/h2-3,9H,1H2,(H,6,7,8). The van der Waals surface area contributed by atoms with E-state index >= 15 is 0 Å². The van der Waals surface area contributed by atoms with E-state index in [0.717, 1.165) is 0 Å². The van der Waals surface area contributed by atoms with Crippen LogP contribution in [0.15, 0.2) is 6.33 Å². The number of alkyl halides is 1. The Labute approximate surface area is 60.4 Å². The summed E-state index contributed by atoms with van der Waals surface area (Å²) in [6.07, 6.45) is 0.786. The van der Waals surface area contributed by atoms with E-state index < -0.39 is 6.10 Å². The summed E-state index contributed by atoms with van der Waals surface area (Å²) >= 11 is 3.10. The van der Waals surface area contributed by atoms with Gasteiger partial charge in [-0.3, -0.25) is 5.10 Å². The summed E-state index contributed by atoms with van der Waals surface area (Å²) in [7, 11) is 0. The number of aromatic nitrogens is 3. The summed E-state index contributed by atoms with van der Waals surface area (Å²) in [4.78, 5) is 3.74. The van der Waals surface area contributed by atoms with Gasteiger partial charge in [-0.05, 0) is 0 Å². The highest BCUT2D eigenvalue weighted by molar-refractivity contribution is 9.09. The lowest BCUT2D eigenvalue weighted by Gasteiger charge is -1.98. The molecule has 1 aromatic heterocycles. The van der Waals surface area contributed by atoms with Crippen LogP contribution in [0.2, 0.25) is 0 Å². The fourth-order valence-corrected chi connectivity index (χ4v) is 0.755. The third-order valence-electron chi connectivity index (χ3n) is 0.895. The predicted octanol–water partition coefficient (Wildman–Crippen LogP) is 0.233. The number of aliphatic hydroxyl groups excluding tert-OH is 1. The summed E-state index contributed by atoms with van der Waals surface area (Å²) in [5.41, 5.74) is 0. The molecule has 0 radical (unpaired) electrons. The van der Waals surface area contributed by atoms with E-state index in [0.29, 0.717) is 11.2 Å². The molecule has 4 nitrogen and oxygen atoms in total. The second-order valence-electron chi connectivity index (χ2n) is 1.54. The molecule has 1 aromatic rings. The minimum atomic E-state index is -0.576. The zero-order valence-corrected chi connectivity index (χ0v) is 6.17. The largest absolute Gasteiger partial charge is 0.384 e. The molecule has 0 amide bonds. The highest BCUT2D eigenvalue weighted by Crippen LogP contribution is 2.07. The molecule has 50 valence electrons. The van der Waals surface area contributed by atoms with Gasteiger partial charge in [0.2, 0.25) is 0 Å². The van der Waals surface area contributed by atoms with Crippen molar-refractivity contribution in [2.24, 2.45) is 0 Å². The second kappa shape index (κ2) is 2.93. The molecule has 1 atom stereocenters. The van der Waals surface area contributed by atoms with Crippen molar-refractivity contribution in [1.29, 1.82) is 0 Å². The van der Waals surface area contributed by atoms with Crippen molar-refractivity contribution in [2.45, 2.75) is 6.10 Å². The van der Waals surface area contributed by atoms with Crippen LogP contribution in [-0.4, -0.2) is 25.6 Å². The van der Waals surface area contributed by atoms with Crippen LogP contribution in [-0.2, 0) is 0 Å². The molecule has 2 N–H and O–H groups in total. The van der Waals surface area contributed by atoms with Crippen molar-refractivity contribution in [3.05, 3.63) is 12.2 Å². The summed E-state index contributed by atoms with van der Waals surface area (Å²) in [5.74, 6) is 0.492. The summed E-state index contributed by atoms with van der Waals surface area (Å²) in [6.45, 7) is 0. The lowest BCUT2D eigenvalue weighted by atomic mass is 10.4. The average molecular weight is 192 g/mol. The Bertz CT molecular complexity index is 164. The van der Waals surface area contributed by atoms with Crippen molar-refractivity contribution in [1.82, 2.24) is 15.2 Å². The topological polar surface area (TPSA) is 61.8 Å². The first kappa shape index (κ1) is 6.70. The van der Waals surface area contributed by atoms with Gasteiger partial charge in [-0.2, -0.15) is 5.10 Å². The number of halogens is 1. The van der Waals surface area contributed by atoms with Crippen LogP contribution >= 0.6 is 15.9 Å². The van der Waals surface area contributed by atoms with Gasteiger partial charge in [0.25, 0.3) is 0 Å². The zero-order valence-electron chi connectivity index (χ0n) is 4.58. The number of nitrogens with zero attached hydrogens (tertiary/aromatic N) is 2. The first-order chi connectivity index (χ1) is 4.34. The van der Waals surface area contributed by atoms with Crippen molar-refractivity contribution in [3.8, 4) is 0 Å². The Morgan fingerprint density at radius 1 is 1.89 bits per heavy atom. The van der Waals surface area contributed by atoms with Gasteiger partial charge in [0.1, 0.15) is 12.4 Å². The molecule has 0 saturated heterocycles. The minimum absolute atomic E-state index is 0.474. The van der Waals surface area contributed by atoms with Gasteiger partial charge in [-0.25, -0.2) is 4.98 Å². The molecule has 0 bridgehead atoms. The van der Waals surface area contributed by atoms with Gasteiger partial charge in [-0.15, -0.1) is 0 Å². The maximum atomic E-state index is 9.04. The van der Waals surface area contributed by atoms with E-state index in [9.17, 15) is 0 Å². The lowest BCUT2D eigenvalue weighted by molar-refractivity contribution is 0.195. The molecule has 5 heteroatoms. The molecule has 0 aliphatic heterocycles. The maximum Gasteiger partial charge on any atom is 0.153 e. The Balaban J connectivity index is 2.65. The smallest absolute Gasteiger partial charge is 0.153 e. The van der Waals surface area contributed by atoms with Gasteiger partial charge in [0, 0.05) is 5.33 Å². The molecule has 1 rings (SSSR count). The minimum Gasteiger partial charge on any atom is -0.384 e. The molecule has 1 heterocycles. The molecule has 1 unspecified atom stereocenters. The fourth-order valence-electron chi connectivity index (χ4n) is 0.449. The molecular weight excluding hydrogens is 186 g/mol. The first-order valence-corrected chi connectivity index (χ1v) is 3.56. The number of hydrogen-bond acceptors (Lipinski definition) is 3. The fraction of sp³-hybridized carbons (Fsp3) is 0.500. The Morgan fingerprint density at radius 2 is 2.67 bits per heavy atom. The van der Waals surface area contributed by atoms with Gasteiger partial charge < -0.3 is 5.11 Å². The number of aliphatic hydroxyl groups is 1. The van der Waals surface area contributed by atoms with Crippen molar-refractivity contribution < 1.29 is 5.11 Å². The first-order valence-electron chi connectivity index (χ1n) is 2.44. The van der Waals surface area contributed by atoms with Crippen LogP contribution < -0.4 is 0 Å². The molecule has 0 fully saturated rings. The van der Waals surface area contributed by atoms with E-state index in [1.54, 1.807) is 0 Å². The van der Waals surface area contributed by atoms with E-state index in [1.165, 1.54) is 6.33 Å². The van der Waals surface area contributed by atoms with Gasteiger partial charge in [0.15, 0.2) is 5.82 Å². The third-order valence-corrected chi connectivity index (χ3v) is 1.51. The Kier molecular flexibility index (Phi) is 2.18. The SMILES string of the molecule is OC(CBr)c1ncn[nH]1. The third kappa shape index (κ3) is 1.49. The number of rotatable bonds is 2. The van der Waals surface area contributed by atoms with E-state index in [4.69, 9.17) is 5.11 Å². The Hall–Kier alpha value is -0.420. The summed E-state index contributed by atoms with van der Waals surface area (Å²) in [6, 6.07) is 0. The molecule has 0 spiro atoms. The van der Waals surface area contributed by atoms with Crippen molar-refractivity contribution in [2.75, 3.05) is 5.33 Å². The van der Waals surface area contributed by atoms with Crippen LogP contribution in [0.1, 0.15) is 11.9 Å². The van der Waals surface area contributed by atoms with Crippen LogP contribution in [0.25, 0.3) is 0 Å². The lowest BCUT2D eigenvalue weighted by Crippen LogP contribution is -2.00. The van der Waals surface area contributed by atoms with Gasteiger partial charge in [-0.1, -0.05) is 15.9 Å². The van der Waals surface area contributed by atoms with E-state index in [2.05, 4.69) is 31.1 Å². The number of nitrogens with one attached hydrogen (secondary N) is 1. The highest BCUT2D eigenvalue weighted by Gasteiger charge is 2.06. The number of aromatic amines is 1. The van der Waals surface area contributed by atoms with E-state index in [-0.39, 0.29) is 0 Å². The average Bonchev–Trinajstić information content (AvgIpc) is 2.37. The van der Waals surface area contributed by atoms with Crippen molar-refractivity contribution in [3.63, 3.8) is 0 Å². The van der Waals surface area contributed by atoms with Gasteiger partial charge >= 0.3 is 0 Å². The second-order valence-corrected chi connectivity index (χ2v) is 2.19. The summed E-state index contributed by atoms with van der Waals surface area (Å²) < 4.78 is 0. The normalized spacial score (nSPS) is 13.6. The quantitative estimate of drug-likeness (QED) is 0.659. The van der Waals surface area contributed by atoms with Crippen LogP contribution in [0, 0.1) is 0 Å². The van der Waals surface area contributed by atoms with Crippen LogP contribution in [0.4, 0.5) is 0 Å². The predicted molar refractivity (Wildman–Crippen MR) is 35.1 cm³/mol.